The highest BCUT2D eigenvalue weighted by atomic mass is 14.2. The second kappa shape index (κ2) is 5.67. The van der Waals surface area contributed by atoms with Crippen LogP contribution in [0.5, 0.6) is 0 Å². The number of benzene rings is 2. The van der Waals surface area contributed by atoms with Gasteiger partial charge in [-0.25, -0.2) is 0 Å². The van der Waals surface area contributed by atoms with E-state index in [9.17, 15) is 0 Å². The molecule has 0 heteroatoms. The molecule has 110 valence electrons. The van der Waals surface area contributed by atoms with Crippen molar-refractivity contribution in [3.05, 3.63) is 58.7 Å². The van der Waals surface area contributed by atoms with Gasteiger partial charge in [0.15, 0.2) is 0 Å². The molecular formula is C21H26. The number of hydrogen-bond acceptors (Lipinski definition) is 0. The molecule has 0 fully saturated rings. The molecule has 0 heterocycles. The van der Waals surface area contributed by atoms with E-state index >= 15 is 0 Å². The maximum Gasteiger partial charge on any atom is -0.00134 e. The molecule has 0 nitrogen and oxygen atoms in total. The summed E-state index contributed by atoms with van der Waals surface area (Å²) in [6.07, 6.45) is 3.52. The summed E-state index contributed by atoms with van der Waals surface area (Å²) in [7, 11) is 0. The summed E-state index contributed by atoms with van der Waals surface area (Å²) in [4.78, 5) is 0. The van der Waals surface area contributed by atoms with Crippen LogP contribution in [0.3, 0.4) is 0 Å². The molecule has 0 saturated heterocycles. The Hall–Kier alpha value is -1.56. The maximum atomic E-state index is 2.44. The fourth-order valence-corrected chi connectivity index (χ4v) is 3.29. The average Bonchev–Trinajstić information content (AvgIpc) is 2.90. The quantitative estimate of drug-likeness (QED) is 0.526. The second-order valence-electron chi connectivity index (χ2n) is 6.63. The Morgan fingerprint density at radius 3 is 1.57 bits per heavy atom. The third kappa shape index (κ3) is 2.52. The standard InChI is InChI=1S/C21H26/c1-5-14(3)16-7-9-18-11-19-10-8-17(15(4)6-2)13-21(19)20(18)12-16/h7-10,12-15H,5-6,11H2,1-4H3. The number of hydrogen-bond donors (Lipinski definition) is 0. The van der Waals surface area contributed by atoms with Crippen LogP contribution >= 0.6 is 0 Å². The molecule has 0 aliphatic heterocycles. The number of rotatable bonds is 4. The maximum absolute atomic E-state index is 2.44. The highest BCUT2D eigenvalue weighted by molar-refractivity contribution is 5.78. The fraction of sp³-hybridized carbons (Fsp3) is 0.429. The summed E-state index contributed by atoms with van der Waals surface area (Å²) >= 11 is 0. The van der Waals surface area contributed by atoms with Gasteiger partial charge in [-0.05, 0) is 64.5 Å². The van der Waals surface area contributed by atoms with E-state index in [0.29, 0.717) is 11.8 Å². The smallest absolute Gasteiger partial charge is 0.00134 e. The van der Waals surface area contributed by atoms with E-state index in [2.05, 4.69) is 64.1 Å². The van der Waals surface area contributed by atoms with Gasteiger partial charge in [-0.15, -0.1) is 0 Å². The van der Waals surface area contributed by atoms with Gasteiger partial charge < -0.3 is 0 Å². The number of fused-ring (bicyclic) bond motifs is 3. The van der Waals surface area contributed by atoms with Crippen LogP contribution in [0.25, 0.3) is 11.1 Å². The molecule has 0 amide bonds. The van der Waals surface area contributed by atoms with Crippen molar-refractivity contribution in [1.82, 2.24) is 0 Å². The van der Waals surface area contributed by atoms with Gasteiger partial charge in [0.05, 0.1) is 0 Å². The monoisotopic (exact) mass is 278 g/mol. The normalized spacial score (nSPS) is 15.4. The Morgan fingerprint density at radius 1 is 0.762 bits per heavy atom. The third-order valence-corrected chi connectivity index (χ3v) is 5.30. The van der Waals surface area contributed by atoms with Crippen LogP contribution in [-0.4, -0.2) is 0 Å². The van der Waals surface area contributed by atoms with Gasteiger partial charge in [0.1, 0.15) is 0 Å². The first-order chi connectivity index (χ1) is 10.1. The first kappa shape index (κ1) is 14.4. The SMILES string of the molecule is CCC(C)c1ccc2c(c1)-c1cc(C(C)CC)ccc1C2. The molecule has 0 aromatic heterocycles. The lowest BCUT2D eigenvalue weighted by molar-refractivity contribution is 0.733. The summed E-state index contributed by atoms with van der Waals surface area (Å²) in [5, 5.41) is 0. The van der Waals surface area contributed by atoms with Crippen molar-refractivity contribution in [2.75, 3.05) is 0 Å². The van der Waals surface area contributed by atoms with Gasteiger partial charge in [-0.1, -0.05) is 64.1 Å². The second-order valence-corrected chi connectivity index (χ2v) is 6.63. The van der Waals surface area contributed by atoms with Crippen LogP contribution in [0.1, 0.15) is 74.6 Å². The first-order valence-corrected chi connectivity index (χ1v) is 8.40. The summed E-state index contributed by atoms with van der Waals surface area (Å²) in [6.45, 7) is 9.19. The van der Waals surface area contributed by atoms with Crippen LogP contribution in [-0.2, 0) is 6.42 Å². The van der Waals surface area contributed by atoms with Crippen molar-refractivity contribution in [3.8, 4) is 11.1 Å². The van der Waals surface area contributed by atoms with Crippen molar-refractivity contribution >= 4 is 0 Å². The predicted octanol–water partition coefficient (Wildman–Crippen LogP) is 6.28. The lowest BCUT2D eigenvalue weighted by Gasteiger charge is -2.13. The highest BCUT2D eigenvalue weighted by Gasteiger charge is 2.20. The Morgan fingerprint density at radius 2 is 1.19 bits per heavy atom. The Bertz CT molecular complexity index is 594. The van der Waals surface area contributed by atoms with Gasteiger partial charge in [-0.3, -0.25) is 0 Å². The molecule has 0 saturated carbocycles. The van der Waals surface area contributed by atoms with Crippen molar-refractivity contribution in [3.63, 3.8) is 0 Å². The lowest BCUT2D eigenvalue weighted by Crippen LogP contribution is -1.93. The molecule has 3 rings (SSSR count). The molecule has 2 unspecified atom stereocenters. The topological polar surface area (TPSA) is 0 Å². The van der Waals surface area contributed by atoms with E-state index in [0.717, 1.165) is 6.42 Å². The minimum Gasteiger partial charge on any atom is -0.0648 e. The van der Waals surface area contributed by atoms with Crippen molar-refractivity contribution in [2.24, 2.45) is 0 Å². The van der Waals surface area contributed by atoms with E-state index in [1.54, 1.807) is 0 Å². The van der Waals surface area contributed by atoms with E-state index < -0.39 is 0 Å². The zero-order valence-corrected chi connectivity index (χ0v) is 13.7. The summed E-state index contributed by atoms with van der Waals surface area (Å²) in [5.74, 6) is 1.30. The molecule has 0 bridgehead atoms. The lowest BCUT2D eigenvalue weighted by atomic mass is 9.92. The molecular weight excluding hydrogens is 252 g/mol. The van der Waals surface area contributed by atoms with Crippen LogP contribution < -0.4 is 0 Å². The van der Waals surface area contributed by atoms with Crippen molar-refractivity contribution in [2.45, 2.75) is 58.8 Å². The van der Waals surface area contributed by atoms with Crippen LogP contribution in [0.2, 0.25) is 0 Å². The van der Waals surface area contributed by atoms with Gasteiger partial charge in [0.2, 0.25) is 0 Å². The van der Waals surface area contributed by atoms with Gasteiger partial charge in [0, 0.05) is 0 Å². The van der Waals surface area contributed by atoms with Gasteiger partial charge >= 0.3 is 0 Å². The molecule has 0 N–H and O–H groups in total. The predicted molar refractivity (Wildman–Crippen MR) is 92.1 cm³/mol. The Balaban J connectivity index is 2.06. The van der Waals surface area contributed by atoms with Gasteiger partial charge in [-0.2, -0.15) is 0 Å². The van der Waals surface area contributed by atoms with Crippen molar-refractivity contribution < 1.29 is 0 Å². The summed E-state index contributed by atoms with van der Waals surface area (Å²) < 4.78 is 0. The van der Waals surface area contributed by atoms with E-state index in [1.165, 1.54) is 46.2 Å². The molecule has 1 aliphatic rings. The van der Waals surface area contributed by atoms with Crippen LogP contribution in [0, 0.1) is 0 Å². The molecule has 2 aromatic carbocycles. The van der Waals surface area contributed by atoms with E-state index in [-0.39, 0.29) is 0 Å². The highest BCUT2D eigenvalue weighted by Crippen LogP contribution is 2.40. The fourth-order valence-electron chi connectivity index (χ4n) is 3.29. The largest absolute Gasteiger partial charge is 0.0648 e. The van der Waals surface area contributed by atoms with Crippen LogP contribution in [0.4, 0.5) is 0 Å². The van der Waals surface area contributed by atoms with Gasteiger partial charge in [0.25, 0.3) is 0 Å². The summed E-state index contributed by atoms with van der Waals surface area (Å²) in [6, 6.07) is 14.2. The molecule has 2 aromatic rings. The molecule has 1 aliphatic carbocycles. The molecule has 21 heavy (non-hydrogen) atoms. The zero-order valence-electron chi connectivity index (χ0n) is 13.7. The average molecular weight is 278 g/mol. The minimum atomic E-state index is 0.650. The minimum absolute atomic E-state index is 0.650. The molecule has 0 spiro atoms. The first-order valence-electron chi connectivity index (χ1n) is 8.40. The van der Waals surface area contributed by atoms with E-state index in [4.69, 9.17) is 0 Å². The Kier molecular flexibility index (Phi) is 3.89. The molecule has 0 radical (unpaired) electrons. The van der Waals surface area contributed by atoms with Crippen molar-refractivity contribution in [1.29, 1.82) is 0 Å². The zero-order chi connectivity index (χ0) is 15.0. The summed E-state index contributed by atoms with van der Waals surface area (Å²) in [5.41, 5.74) is 8.92. The third-order valence-electron chi connectivity index (χ3n) is 5.30. The Labute approximate surface area is 129 Å². The molecule has 2 atom stereocenters. The van der Waals surface area contributed by atoms with E-state index in [1.807, 2.05) is 0 Å². The van der Waals surface area contributed by atoms with Crippen LogP contribution in [0.15, 0.2) is 36.4 Å².